The lowest BCUT2D eigenvalue weighted by Crippen LogP contribution is -2.06. The van der Waals surface area contributed by atoms with Crippen LogP contribution >= 0.6 is 15.9 Å². The van der Waals surface area contributed by atoms with Gasteiger partial charge in [-0.3, -0.25) is 0 Å². The van der Waals surface area contributed by atoms with Gasteiger partial charge in [0.2, 0.25) is 0 Å². The molecule has 0 aliphatic carbocycles. The van der Waals surface area contributed by atoms with Gasteiger partial charge >= 0.3 is 5.97 Å². The Morgan fingerprint density at radius 1 is 1.26 bits per heavy atom. The number of aryl methyl sites for hydroxylation is 1. The molecule has 0 saturated heterocycles. The van der Waals surface area contributed by atoms with Crippen molar-refractivity contribution in [1.82, 2.24) is 0 Å². The predicted molar refractivity (Wildman–Crippen MR) is 78.9 cm³/mol. The van der Waals surface area contributed by atoms with Gasteiger partial charge < -0.3 is 10.5 Å². The maximum atomic E-state index is 11.9. The van der Waals surface area contributed by atoms with Crippen LogP contribution in [0.2, 0.25) is 0 Å². The third kappa shape index (κ3) is 3.58. The largest absolute Gasteiger partial charge is 0.457 e. The molecular formula is C15H14BrNO2. The lowest BCUT2D eigenvalue weighted by molar-refractivity contribution is 0.0472. The maximum Gasteiger partial charge on any atom is 0.338 e. The van der Waals surface area contributed by atoms with E-state index in [0.29, 0.717) is 11.3 Å². The van der Waals surface area contributed by atoms with Crippen LogP contribution < -0.4 is 5.73 Å². The third-order valence-corrected chi connectivity index (χ3v) is 3.41. The van der Waals surface area contributed by atoms with E-state index in [2.05, 4.69) is 15.9 Å². The molecule has 0 amide bonds. The van der Waals surface area contributed by atoms with Crippen molar-refractivity contribution in [3.8, 4) is 0 Å². The number of carbonyl (C=O) groups excluding carboxylic acids is 1. The zero-order valence-electron chi connectivity index (χ0n) is 10.5. The number of ether oxygens (including phenoxy) is 1. The van der Waals surface area contributed by atoms with E-state index in [4.69, 9.17) is 10.5 Å². The number of anilines is 1. The first kappa shape index (κ1) is 13.6. The minimum Gasteiger partial charge on any atom is -0.457 e. The summed E-state index contributed by atoms with van der Waals surface area (Å²) in [5.74, 6) is -0.374. The average Bonchev–Trinajstić information content (AvgIpc) is 2.39. The summed E-state index contributed by atoms with van der Waals surface area (Å²) >= 11 is 3.29. The number of rotatable bonds is 3. The molecule has 0 aromatic heterocycles. The molecule has 0 spiro atoms. The van der Waals surface area contributed by atoms with E-state index in [0.717, 1.165) is 15.6 Å². The van der Waals surface area contributed by atoms with Gasteiger partial charge in [-0.05, 0) is 46.6 Å². The van der Waals surface area contributed by atoms with Crippen LogP contribution in [0.25, 0.3) is 0 Å². The van der Waals surface area contributed by atoms with E-state index in [1.165, 1.54) is 0 Å². The molecule has 0 fully saturated rings. The van der Waals surface area contributed by atoms with Crippen molar-refractivity contribution in [3.05, 3.63) is 63.6 Å². The Hall–Kier alpha value is -1.81. The SMILES string of the molecule is Cc1cccc(COC(=O)c2ccc(Br)c(N)c2)c1. The second kappa shape index (κ2) is 5.89. The summed E-state index contributed by atoms with van der Waals surface area (Å²) in [6.45, 7) is 2.26. The van der Waals surface area contributed by atoms with Crippen LogP contribution in [-0.2, 0) is 11.3 Å². The average molecular weight is 320 g/mol. The molecule has 0 aliphatic rings. The predicted octanol–water partition coefficient (Wildman–Crippen LogP) is 3.70. The van der Waals surface area contributed by atoms with Gasteiger partial charge in [0.25, 0.3) is 0 Å². The van der Waals surface area contributed by atoms with E-state index in [9.17, 15) is 4.79 Å². The van der Waals surface area contributed by atoms with Gasteiger partial charge in [-0.2, -0.15) is 0 Å². The molecule has 0 saturated carbocycles. The lowest BCUT2D eigenvalue weighted by atomic mass is 10.1. The van der Waals surface area contributed by atoms with Crippen LogP contribution in [0.5, 0.6) is 0 Å². The molecule has 0 bridgehead atoms. The quantitative estimate of drug-likeness (QED) is 0.693. The third-order valence-electron chi connectivity index (χ3n) is 2.68. The summed E-state index contributed by atoms with van der Waals surface area (Å²) in [6, 6.07) is 12.9. The summed E-state index contributed by atoms with van der Waals surface area (Å²) < 4.78 is 6.02. The number of nitrogens with two attached hydrogens (primary N) is 1. The minimum absolute atomic E-state index is 0.260. The first-order valence-corrected chi connectivity index (χ1v) is 6.63. The molecule has 19 heavy (non-hydrogen) atoms. The monoisotopic (exact) mass is 319 g/mol. The number of benzene rings is 2. The maximum absolute atomic E-state index is 11.9. The van der Waals surface area contributed by atoms with E-state index in [1.54, 1.807) is 18.2 Å². The highest BCUT2D eigenvalue weighted by Gasteiger charge is 2.09. The van der Waals surface area contributed by atoms with Gasteiger partial charge in [0.15, 0.2) is 0 Å². The summed E-state index contributed by atoms with van der Waals surface area (Å²) in [7, 11) is 0. The lowest BCUT2D eigenvalue weighted by Gasteiger charge is -2.07. The van der Waals surface area contributed by atoms with Crippen molar-refractivity contribution in [3.63, 3.8) is 0 Å². The van der Waals surface area contributed by atoms with Crippen LogP contribution in [0.15, 0.2) is 46.9 Å². The fourth-order valence-corrected chi connectivity index (χ4v) is 1.95. The Balaban J connectivity index is 2.03. The van der Waals surface area contributed by atoms with Crippen molar-refractivity contribution in [2.75, 3.05) is 5.73 Å². The molecule has 2 aromatic rings. The van der Waals surface area contributed by atoms with Crippen LogP contribution in [0.4, 0.5) is 5.69 Å². The van der Waals surface area contributed by atoms with Gasteiger partial charge in [0.1, 0.15) is 6.61 Å². The van der Waals surface area contributed by atoms with Crippen LogP contribution in [-0.4, -0.2) is 5.97 Å². The Morgan fingerprint density at radius 3 is 2.74 bits per heavy atom. The van der Waals surface area contributed by atoms with Crippen LogP contribution in [0, 0.1) is 6.92 Å². The van der Waals surface area contributed by atoms with Crippen molar-refractivity contribution in [2.24, 2.45) is 0 Å². The van der Waals surface area contributed by atoms with Crippen molar-refractivity contribution < 1.29 is 9.53 Å². The van der Waals surface area contributed by atoms with Gasteiger partial charge in [-0.15, -0.1) is 0 Å². The highest BCUT2D eigenvalue weighted by Crippen LogP contribution is 2.20. The highest BCUT2D eigenvalue weighted by molar-refractivity contribution is 9.10. The molecule has 3 nitrogen and oxygen atoms in total. The second-order valence-corrected chi connectivity index (χ2v) is 5.16. The zero-order valence-corrected chi connectivity index (χ0v) is 12.1. The van der Waals surface area contributed by atoms with E-state index in [-0.39, 0.29) is 12.6 Å². The Morgan fingerprint density at radius 2 is 2.05 bits per heavy atom. The summed E-state index contributed by atoms with van der Waals surface area (Å²) in [6.07, 6.45) is 0. The van der Waals surface area contributed by atoms with Gasteiger partial charge in [0, 0.05) is 10.2 Å². The molecular weight excluding hydrogens is 306 g/mol. The van der Waals surface area contributed by atoms with Gasteiger partial charge in [0.05, 0.1) is 5.56 Å². The number of esters is 1. The smallest absolute Gasteiger partial charge is 0.338 e. The number of carbonyl (C=O) groups is 1. The first-order valence-electron chi connectivity index (χ1n) is 5.84. The second-order valence-electron chi connectivity index (χ2n) is 4.30. The van der Waals surface area contributed by atoms with Crippen molar-refractivity contribution >= 4 is 27.6 Å². The van der Waals surface area contributed by atoms with Crippen molar-refractivity contribution in [2.45, 2.75) is 13.5 Å². The van der Waals surface area contributed by atoms with Crippen LogP contribution in [0.3, 0.4) is 0 Å². The molecule has 98 valence electrons. The molecule has 2 aromatic carbocycles. The number of halogens is 1. The van der Waals surface area contributed by atoms with E-state index in [1.807, 2.05) is 31.2 Å². The van der Waals surface area contributed by atoms with Crippen molar-refractivity contribution in [1.29, 1.82) is 0 Å². The number of hydrogen-bond acceptors (Lipinski definition) is 3. The molecule has 0 heterocycles. The summed E-state index contributed by atoms with van der Waals surface area (Å²) in [5, 5.41) is 0. The highest BCUT2D eigenvalue weighted by atomic mass is 79.9. The number of hydrogen-bond donors (Lipinski definition) is 1. The Kier molecular flexibility index (Phi) is 4.22. The topological polar surface area (TPSA) is 52.3 Å². The summed E-state index contributed by atoms with van der Waals surface area (Å²) in [5.41, 5.74) is 8.81. The molecule has 4 heteroatoms. The summed E-state index contributed by atoms with van der Waals surface area (Å²) in [4.78, 5) is 11.9. The molecule has 0 unspecified atom stereocenters. The van der Waals surface area contributed by atoms with E-state index >= 15 is 0 Å². The van der Waals surface area contributed by atoms with Crippen LogP contribution in [0.1, 0.15) is 21.5 Å². The molecule has 0 radical (unpaired) electrons. The van der Waals surface area contributed by atoms with Gasteiger partial charge in [-0.1, -0.05) is 29.8 Å². The fourth-order valence-electron chi connectivity index (χ4n) is 1.70. The Bertz CT molecular complexity index is 611. The zero-order chi connectivity index (χ0) is 13.8. The molecule has 2 N–H and O–H groups in total. The number of nitrogen functional groups attached to an aromatic ring is 1. The molecule has 2 rings (SSSR count). The standard InChI is InChI=1S/C15H14BrNO2/c1-10-3-2-4-11(7-10)9-19-15(18)12-5-6-13(16)14(17)8-12/h2-8H,9,17H2,1H3. The normalized spacial score (nSPS) is 10.2. The fraction of sp³-hybridized carbons (Fsp3) is 0.133. The van der Waals surface area contributed by atoms with Gasteiger partial charge in [-0.25, -0.2) is 4.79 Å². The molecule has 0 aliphatic heterocycles. The minimum atomic E-state index is -0.374. The Labute approximate surface area is 120 Å². The first-order chi connectivity index (χ1) is 9.06. The molecule has 0 atom stereocenters. The van der Waals surface area contributed by atoms with E-state index < -0.39 is 0 Å².